The number of rotatable bonds is 8. The van der Waals surface area contributed by atoms with Crippen molar-refractivity contribution in [3.63, 3.8) is 0 Å². The molecule has 1 unspecified atom stereocenters. The summed E-state index contributed by atoms with van der Waals surface area (Å²) in [5.41, 5.74) is 1.15. The van der Waals surface area contributed by atoms with E-state index in [0.29, 0.717) is 0 Å². The first kappa shape index (κ1) is 23.0. The van der Waals surface area contributed by atoms with Crippen molar-refractivity contribution in [2.75, 3.05) is 38.2 Å². The second-order valence-corrected chi connectivity index (χ2v) is 6.57. The third-order valence-electron chi connectivity index (χ3n) is 4.38. The van der Waals surface area contributed by atoms with Crippen LogP contribution in [0.15, 0.2) is 23.3 Å². The zero-order valence-electron chi connectivity index (χ0n) is 16.3. The molecule has 1 aliphatic rings. The molecule has 0 bridgehead atoms. The van der Waals surface area contributed by atoms with Gasteiger partial charge in [0.15, 0.2) is 5.96 Å². The highest BCUT2D eigenvalue weighted by molar-refractivity contribution is 14.0. The van der Waals surface area contributed by atoms with Gasteiger partial charge in [-0.3, -0.25) is 4.99 Å². The average Bonchev–Trinajstić information content (AvgIpc) is 2.64. The Kier molecular flexibility index (Phi) is 11.6. The molecule has 1 aliphatic heterocycles. The molecule has 1 saturated heterocycles. The van der Waals surface area contributed by atoms with Gasteiger partial charge in [0.2, 0.25) is 0 Å². The van der Waals surface area contributed by atoms with Gasteiger partial charge in [0.1, 0.15) is 5.82 Å². The van der Waals surface area contributed by atoms with Crippen LogP contribution in [0.25, 0.3) is 0 Å². The SMILES string of the molecule is CCCCCCNC(=NC)NCc1ccc(N2CCOC(C)C2)nc1.I. The molecule has 148 valence electrons. The third-order valence-corrected chi connectivity index (χ3v) is 4.38. The van der Waals surface area contributed by atoms with Crippen molar-refractivity contribution in [3.8, 4) is 0 Å². The number of anilines is 1. The van der Waals surface area contributed by atoms with Crippen molar-refractivity contribution < 1.29 is 4.74 Å². The molecule has 0 spiro atoms. The van der Waals surface area contributed by atoms with Crippen molar-refractivity contribution in [2.45, 2.75) is 52.2 Å². The number of guanidine groups is 1. The zero-order valence-corrected chi connectivity index (χ0v) is 18.7. The van der Waals surface area contributed by atoms with E-state index in [0.717, 1.165) is 50.1 Å². The lowest BCUT2D eigenvalue weighted by Gasteiger charge is -2.32. The first-order chi connectivity index (χ1) is 12.2. The maximum absolute atomic E-state index is 5.58. The summed E-state index contributed by atoms with van der Waals surface area (Å²) < 4.78 is 5.58. The minimum Gasteiger partial charge on any atom is -0.375 e. The highest BCUT2D eigenvalue weighted by atomic mass is 127. The van der Waals surface area contributed by atoms with Crippen LogP contribution in [-0.4, -0.2) is 50.3 Å². The summed E-state index contributed by atoms with van der Waals surface area (Å²) in [4.78, 5) is 11.2. The molecule has 0 amide bonds. The lowest BCUT2D eigenvalue weighted by atomic mass is 10.2. The Morgan fingerprint density at radius 3 is 2.81 bits per heavy atom. The second kappa shape index (κ2) is 13.1. The molecule has 0 aromatic carbocycles. The van der Waals surface area contributed by atoms with E-state index < -0.39 is 0 Å². The van der Waals surface area contributed by atoms with Crippen LogP contribution in [0.4, 0.5) is 5.82 Å². The molecule has 2 N–H and O–H groups in total. The minimum atomic E-state index is 0. The molecule has 7 heteroatoms. The van der Waals surface area contributed by atoms with E-state index in [2.05, 4.69) is 51.5 Å². The Bertz CT molecular complexity index is 523. The molecule has 1 atom stereocenters. The van der Waals surface area contributed by atoms with Crippen LogP contribution >= 0.6 is 24.0 Å². The maximum Gasteiger partial charge on any atom is 0.191 e. The monoisotopic (exact) mass is 475 g/mol. The van der Waals surface area contributed by atoms with Gasteiger partial charge >= 0.3 is 0 Å². The van der Waals surface area contributed by atoms with Crippen LogP contribution in [0.1, 0.15) is 45.1 Å². The summed E-state index contributed by atoms with van der Waals surface area (Å²) in [6, 6.07) is 4.22. The van der Waals surface area contributed by atoms with Crippen molar-refractivity contribution in [1.82, 2.24) is 15.6 Å². The van der Waals surface area contributed by atoms with Crippen LogP contribution in [0.3, 0.4) is 0 Å². The molecule has 2 heterocycles. The first-order valence-corrected chi connectivity index (χ1v) is 9.49. The van der Waals surface area contributed by atoms with Crippen LogP contribution in [0.2, 0.25) is 0 Å². The Labute approximate surface area is 175 Å². The highest BCUT2D eigenvalue weighted by Crippen LogP contribution is 2.15. The molecule has 0 aliphatic carbocycles. The summed E-state index contributed by atoms with van der Waals surface area (Å²) in [5.74, 6) is 1.87. The lowest BCUT2D eigenvalue weighted by molar-refractivity contribution is 0.0529. The van der Waals surface area contributed by atoms with Gasteiger partial charge in [-0.25, -0.2) is 4.98 Å². The molecule has 1 aromatic rings. The Hall–Kier alpha value is -1.09. The fraction of sp³-hybridized carbons (Fsp3) is 0.684. The number of pyridine rings is 1. The summed E-state index contributed by atoms with van der Waals surface area (Å²) in [7, 11) is 1.81. The molecule has 1 fully saturated rings. The minimum absolute atomic E-state index is 0. The lowest BCUT2D eigenvalue weighted by Crippen LogP contribution is -2.41. The Morgan fingerprint density at radius 2 is 2.15 bits per heavy atom. The fourth-order valence-electron chi connectivity index (χ4n) is 2.90. The summed E-state index contributed by atoms with van der Waals surface area (Å²) >= 11 is 0. The number of unbranched alkanes of at least 4 members (excludes halogenated alkanes) is 3. The molecular formula is C19H34IN5O. The number of nitrogens with one attached hydrogen (secondary N) is 2. The number of halogens is 1. The standard InChI is InChI=1S/C19H33N5O.HI/c1-4-5-6-7-10-21-19(20-3)23-14-17-8-9-18(22-13-17)24-11-12-25-16(2)15-24;/h8-9,13,16H,4-7,10-12,14-15H2,1-3H3,(H2,20,21,23);1H. The van der Waals surface area contributed by atoms with Crippen molar-refractivity contribution in [1.29, 1.82) is 0 Å². The normalized spacial score (nSPS) is 17.6. The number of ether oxygens (including phenoxy) is 1. The predicted octanol–water partition coefficient (Wildman–Crippen LogP) is 3.17. The molecule has 1 aromatic heterocycles. The number of nitrogens with zero attached hydrogens (tertiary/aromatic N) is 3. The van der Waals surface area contributed by atoms with Crippen LogP contribution in [0.5, 0.6) is 0 Å². The van der Waals surface area contributed by atoms with Gasteiger partial charge < -0.3 is 20.3 Å². The van der Waals surface area contributed by atoms with Gasteiger partial charge in [-0.2, -0.15) is 0 Å². The smallest absolute Gasteiger partial charge is 0.191 e. The molecule has 26 heavy (non-hydrogen) atoms. The fourth-order valence-corrected chi connectivity index (χ4v) is 2.90. The molecule has 6 nitrogen and oxygen atoms in total. The number of hydrogen-bond donors (Lipinski definition) is 2. The van der Waals surface area contributed by atoms with Gasteiger partial charge in [0.05, 0.1) is 12.7 Å². The van der Waals surface area contributed by atoms with E-state index in [1.54, 1.807) is 0 Å². The van der Waals surface area contributed by atoms with Gasteiger partial charge in [-0.15, -0.1) is 24.0 Å². The average molecular weight is 475 g/mol. The van der Waals surface area contributed by atoms with E-state index in [-0.39, 0.29) is 30.1 Å². The zero-order chi connectivity index (χ0) is 17.9. The van der Waals surface area contributed by atoms with Crippen LogP contribution in [0, 0.1) is 0 Å². The second-order valence-electron chi connectivity index (χ2n) is 6.57. The van der Waals surface area contributed by atoms with E-state index >= 15 is 0 Å². The molecule has 0 radical (unpaired) electrons. The molecule has 2 rings (SSSR count). The Morgan fingerprint density at radius 1 is 1.31 bits per heavy atom. The van der Waals surface area contributed by atoms with Gasteiger partial charge in [-0.05, 0) is 25.0 Å². The van der Waals surface area contributed by atoms with E-state index in [9.17, 15) is 0 Å². The highest BCUT2D eigenvalue weighted by Gasteiger charge is 2.17. The van der Waals surface area contributed by atoms with Crippen molar-refractivity contribution >= 4 is 35.8 Å². The Balaban J connectivity index is 0.00000338. The van der Waals surface area contributed by atoms with E-state index in [1.807, 2.05) is 13.2 Å². The van der Waals surface area contributed by atoms with Crippen molar-refractivity contribution in [2.24, 2.45) is 4.99 Å². The first-order valence-electron chi connectivity index (χ1n) is 9.49. The number of hydrogen-bond acceptors (Lipinski definition) is 4. The van der Waals surface area contributed by atoms with Crippen LogP contribution in [-0.2, 0) is 11.3 Å². The quantitative estimate of drug-likeness (QED) is 0.262. The van der Waals surface area contributed by atoms with Gasteiger partial charge in [0, 0.05) is 39.4 Å². The summed E-state index contributed by atoms with van der Waals surface area (Å²) in [6.07, 6.45) is 7.22. The topological polar surface area (TPSA) is 61.8 Å². The third kappa shape index (κ3) is 8.07. The number of aliphatic imine (C=N–C) groups is 1. The molecule has 0 saturated carbocycles. The summed E-state index contributed by atoms with van der Waals surface area (Å²) in [6.45, 7) is 8.60. The summed E-state index contributed by atoms with van der Waals surface area (Å²) in [5, 5.41) is 6.71. The van der Waals surface area contributed by atoms with E-state index in [1.165, 1.54) is 25.7 Å². The number of morpholine rings is 1. The van der Waals surface area contributed by atoms with Crippen LogP contribution < -0.4 is 15.5 Å². The number of aromatic nitrogens is 1. The van der Waals surface area contributed by atoms with Gasteiger partial charge in [-0.1, -0.05) is 32.3 Å². The van der Waals surface area contributed by atoms with Crippen molar-refractivity contribution in [3.05, 3.63) is 23.9 Å². The molecular weight excluding hydrogens is 441 g/mol. The predicted molar refractivity (Wildman–Crippen MR) is 120 cm³/mol. The van der Waals surface area contributed by atoms with E-state index in [4.69, 9.17) is 4.74 Å². The van der Waals surface area contributed by atoms with Gasteiger partial charge in [0.25, 0.3) is 0 Å². The maximum atomic E-state index is 5.58. The largest absolute Gasteiger partial charge is 0.375 e.